The number of ether oxygens (including phenoxy) is 2. The van der Waals surface area contributed by atoms with E-state index in [0.717, 1.165) is 26.0 Å². The van der Waals surface area contributed by atoms with Crippen molar-refractivity contribution in [2.45, 2.75) is 38.3 Å². The Balaban J connectivity index is 2.13. The van der Waals surface area contributed by atoms with E-state index in [0.29, 0.717) is 19.6 Å². The lowest BCUT2D eigenvalue weighted by atomic mass is 10.2. The molecule has 16 heavy (non-hydrogen) atoms. The third-order valence-electron chi connectivity index (χ3n) is 2.59. The van der Waals surface area contributed by atoms with Gasteiger partial charge in [0.25, 0.3) is 0 Å². The Morgan fingerprint density at radius 1 is 1.69 bits per heavy atom. The fourth-order valence-corrected chi connectivity index (χ4v) is 1.63. The Kier molecular flexibility index (Phi) is 6.37. The van der Waals surface area contributed by atoms with Gasteiger partial charge in [0.05, 0.1) is 12.7 Å². The molecule has 0 aromatic carbocycles. The maximum atomic E-state index is 10.9. The highest BCUT2D eigenvalue weighted by Crippen LogP contribution is 2.08. The Hall–Kier alpha value is -0.650. The number of nitrogens with one attached hydrogen (secondary N) is 1. The van der Waals surface area contributed by atoms with Gasteiger partial charge in [-0.3, -0.25) is 4.79 Å². The Morgan fingerprint density at radius 2 is 2.50 bits per heavy atom. The monoisotopic (exact) mass is 231 g/mol. The van der Waals surface area contributed by atoms with Gasteiger partial charge in [-0.25, -0.2) is 0 Å². The summed E-state index contributed by atoms with van der Waals surface area (Å²) in [6.07, 6.45) is 2.51. The fourth-order valence-electron chi connectivity index (χ4n) is 1.63. The predicted molar refractivity (Wildman–Crippen MR) is 59.5 cm³/mol. The molecule has 1 aliphatic heterocycles. The SMILES string of the molecule is CCCNC(CCOC1CCOC1)C(=O)O. The molecule has 1 saturated heterocycles. The first-order chi connectivity index (χ1) is 7.74. The molecule has 2 atom stereocenters. The average molecular weight is 231 g/mol. The van der Waals surface area contributed by atoms with Crippen molar-refractivity contribution < 1.29 is 19.4 Å². The van der Waals surface area contributed by atoms with Gasteiger partial charge in [0, 0.05) is 13.2 Å². The number of hydrogen-bond donors (Lipinski definition) is 2. The van der Waals surface area contributed by atoms with E-state index in [-0.39, 0.29) is 6.10 Å². The Labute approximate surface area is 96.1 Å². The first-order valence-corrected chi connectivity index (χ1v) is 5.89. The summed E-state index contributed by atoms with van der Waals surface area (Å²) in [4.78, 5) is 10.9. The Bertz CT molecular complexity index is 204. The predicted octanol–water partition coefficient (Wildman–Crippen LogP) is 0.635. The summed E-state index contributed by atoms with van der Waals surface area (Å²) in [6.45, 7) is 4.60. The van der Waals surface area contributed by atoms with E-state index in [1.54, 1.807) is 0 Å². The number of aliphatic carboxylic acids is 1. The van der Waals surface area contributed by atoms with Gasteiger partial charge in [0.15, 0.2) is 0 Å². The maximum absolute atomic E-state index is 10.9. The average Bonchev–Trinajstić information content (AvgIpc) is 2.75. The molecule has 0 amide bonds. The van der Waals surface area contributed by atoms with Crippen molar-refractivity contribution in [3.8, 4) is 0 Å². The summed E-state index contributed by atoms with van der Waals surface area (Å²) in [5.74, 6) is -0.806. The molecule has 2 N–H and O–H groups in total. The third-order valence-corrected chi connectivity index (χ3v) is 2.59. The maximum Gasteiger partial charge on any atom is 0.320 e. The molecule has 0 aromatic rings. The summed E-state index contributed by atoms with van der Waals surface area (Å²) in [6, 6.07) is -0.498. The van der Waals surface area contributed by atoms with Crippen molar-refractivity contribution in [1.29, 1.82) is 0 Å². The van der Waals surface area contributed by atoms with E-state index in [1.165, 1.54) is 0 Å². The van der Waals surface area contributed by atoms with Crippen LogP contribution in [0.1, 0.15) is 26.2 Å². The summed E-state index contributed by atoms with van der Waals surface area (Å²) < 4.78 is 10.7. The van der Waals surface area contributed by atoms with Crippen LogP contribution in [0.5, 0.6) is 0 Å². The number of hydrogen-bond acceptors (Lipinski definition) is 4. The van der Waals surface area contributed by atoms with Crippen LogP contribution in [0.25, 0.3) is 0 Å². The second-order valence-corrected chi connectivity index (χ2v) is 3.99. The highest BCUT2D eigenvalue weighted by molar-refractivity contribution is 5.73. The van der Waals surface area contributed by atoms with Crippen molar-refractivity contribution in [1.82, 2.24) is 5.32 Å². The van der Waals surface area contributed by atoms with Crippen molar-refractivity contribution in [2.75, 3.05) is 26.4 Å². The topological polar surface area (TPSA) is 67.8 Å². The van der Waals surface area contributed by atoms with Crippen LogP contribution < -0.4 is 5.32 Å². The van der Waals surface area contributed by atoms with Gasteiger partial charge in [-0.1, -0.05) is 6.92 Å². The number of carboxylic acid groups (broad SMARTS) is 1. The van der Waals surface area contributed by atoms with E-state index in [4.69, 9.17) is 14.6 Å². The molecule has 0 saturated carbocycles. The van der Waals surface area contributed by atoms with Crippen LogP contribution in [0.15, 0.2) is 0 Å². The zero-order valence-corrected chi connectivity index (χ0v) is 9.78. The van der Waals surface area contributed by atoms with Crippen molar-refractivity contribution in [3.05, 3.63) is 0 Å². The third kappa shape index (κ3) is 4.92. The Morgan fingerprint density at radius 3 is 3.06 bits per heavy atom. The standard InChI is InChI=1S/C11H21NO4/c1-2-5-12-10(11(13)14)4-7-16-9-3-6-15-8-9/h9-10,12H,2-8H2,1H3,(H,13,14). The van der Waals surface area contributed by atoms with Crippen molar-refractivity contribution in [3.63, 3.8) is 0 Å². The van der Waals surface area contributed by atoms with E-state index in [9.17, 15) is 4.79 Å². The lowest BCUT2D eigenvalue weighted by Gasteiger charge is -2.15. The van der Waals surface area contributed by atoms with Gasteiger partial charge < -0.3 is 19.9 Å². The minimum absolute atomic E-state index is 0.153. The molecule has 0 aliphatic carbocycles. The summed E-state index contributed by atoms with van der Waals surface area (Å²) in [7, 11) is 0. The highest BCUT2D eigenvalue weighted by Gasteiger charge is 2.19. The lowest BCUT2D eigenvalue weighted by Crippen LogP contribution is -2.38. The second kappa shape index (κ2) is 7.60. The largest absolute Gasteiger partial charge is 0.480 e. The lowest BCUT2D eigenvalue weighted by molar-refractivity contribution is -0.140. The first-order valence-electron chi connectivity index (χ1n) is 5.89. The molecule has 94 valence electrons. The van der Waals surface area contributed by atoms with Crippen LogP contribution in [-0.4, -0.2) is 49.6 Å². The van der Waals surface area contributed by atoms with Crippen LogP contribution >= 0.6 is 0 Å². The van der Waals surface area contributed by atoms with Crippen molar-refractivity contribution >= 4 is 5.97 Å². The summed E-state index contributed by atoms with van der Waals surface area (Å²) in [5, 5.41) is 11.9. The molecule has 0 aromatic heterocycles. The van der Waals surface area contributed by atoms with Gasteiger partial charge in [-0.05, 0) is 25.8 Å². The van der Waals surface area contributed by atoms with Gasteiger partial charge in [0.2, 0.25) is 0 Å². The molecule has 1 heterocycles. The van der Waals surface area contributed by atoms with Gasteiger partial charge in [-0.2, -0.15) is 0 Å². The molecule has 5 nitrogen and oxygen atoms in total. The van der Waals surface area contributed by atoms with Crippen LogP contribution in [0.2, 0.25) is 0 Å². The number of carboxylic acids is 1. The minimum Gasteiger partial charge on any atom is -0.480 e. The zero-order chi connectivity index (χ0) is 11.8. The molecular formula is C11H21NO4. The van der Waals surface area contributed by atoms with E-state index < -0.39 is 12.0 Å². The van der Waals surface area contributed by atoms with Gasteiger partial charge in [0.1, 0.15) is 6.04 Å². The molecule has 1 rings (SSSR count). The highest BCUT2D eigenvalue weighted by atomic mass is 16.5. The molecule has 0 radical (unpaired) electrons. The molecular weight excluding hydrogens is 210 g/mol. The minimum atomic E-state index is -0.806. The van der Waals surface area contributed by atoms with E-state index >= 15 is 0 Å². The van der Waals surface area contributed by atoms with Gasteiger partial charge >= 0.3 is 5.97 Å². The zero-order valence-electron chi connectivity index (χ0n) is 9.78. The fraction of sp³-hybridized carbons (Fsp3) is 0.909. The van der Waals surface area contributed by atoms with E-state index in [1.807, 2.05) is 6.92 Å². The summed E-state index contributed by atoms with van der Waals surface area (Å²) in [5.41, 5.74) is 0. The smallest absolute Gasteiger partial charge is 0.320 e. The van der Waals surface area contributed by atoms with Crippen LogP contribution in [0.4, 0.5) is 0 Å². The number of carbonyl (C=O) groups is 1. The molecule has 0 spiro atoms. The molecule has 0 bridgehead atoms. The quantitative estimate of drug-likeness (QED) is 0.641. The van der Waals surface area contributed by atoms with Crippen LogP contribution in [-0.2, 0) is 14.3 Å². The summed E-state index contributed by atoms with van der Waals surface area (Å²) >= 11 is 0. The van der Waals surface area contributed by atoms with Gasteiger partial charge in [-0.15, -0.1) is 0 Å². The second-order valence-electron chi connectivity index (χ2n) is 3.99. The normalized spacial score (nSPS) is 22.2. The first kappa shape index (κ1) is 13.4. The van der Waals surface area contributed by atoms with Crippen molar-refractivity contribution in [2.24, 2.45) is 0 Å². The van der Waals surface area contributed by atoms with Crippen LogP contribution in [0, 0.1) is 0 Å². The molecule has 1 aliphatic rings. The molecule has 5 heteroatoms. The van der Waals surface area contributed by atoms with E-state index in [2.05, 4.69) is 5.32 Å². The molecule has 1 fully saturated rings. The molecule has 2 unspecified atom stereocenters. The number of rotatable bonds is 8. The van der Waals surface area contributed by atoms with Crippen LogP contribution in [0.3, 0.4) is 0 Å².